The average molecular weight is 348 g/mol. The number of ether oxygens (including phenoxy) is 1. The van der Waals surface area contributed by atoms with Crippen LogP contribution in [-0.2, 0) is 9.53 Å². The quantitative estimate of drug-likeness (QED) is 0.645. The molecule has 1 N–H and O–H groups in total. The van der Waals surface area contributed by atoms with Crippen LogP contribution in [0.4, 0.5) is 11.4 Å². The van der Waals surface area contributed by atoms with E-state index in [9.17, 15) is 14.9 Å². The fraction of sp³-hybridized carbons (Fsp3) is 0.588. The van der Waals surface area contributed by atoms with Gasteiger partial charge in [-0.15, -0.1) is 0 Å². The molecule has 1 amide bonds. The van der Waals surface area contributed by atoms with E-state index in [-0.39, 0.29) is 16.5 Å². The predicted octanol–water partition coefficient (Wildman–Crippen LogP) is 1.01. The molecule has 2 heterocycles. The van der Waals surface area contributed by atoms with Gasteiger partial charge in [0.05, 0.1) is 4.92 Å². The highest BCUT2D eigenvalue weighted by Gasteiger charge is 2.43. The SMILES string of the molecule is COC1(C(=O)N2CCN(c3cccc([N+](=O)[O-])c3)CC2)CCNCC1. The van der Waals surface area contributed by atoms with E-state index in [1.54, 1.807) is 19.2 Å². The van der Waals surface area contributed by atoms with Gasteiger partial charge in [-0.05, 0) is 32.0 Å². The van der Waals surface area contributed by atoms with E-state index in [1.165, 1.54) is 6.07 Å². The van der Waals surface area contributed by atoms with Crippen LogP contribution in [0.15, 0.2) is 24.3 Å². The van der Waals surface area contributed by atoms with Crippen molar-refractivity contribution in [2.75, 3.05) is 51.3 Å². The number of rotatable bonds is 4. The van der Waals surface area contributed by atoms with Gasteiger partial charge in [0.15, 0.2) is 0 Å². The minimum Gasteiger partial charge on any atom is -0.368 e. The molecule has 0 spiro atoms. The molecule has 25 heavy (non-hydrogen) atoms. The molecule has 0 radical (unpaired) electrons. The maximum Gasteiger partial charge on any atom is 0.271 e. The number of nitro groups is 1. The van der Waals surface area contributed by atoms with Gasteiger partial charge in [-0.2, -0.15) is 0 Å². The molecular formula is C17H24N4O4. The monoisotopic (exact) mass is 348 g/mol. The number of anilines is 1. The average Bonchev–Trinajstić information content (AvgIpc) is 2.68. The Morgan fingerprint density at radius 1 is 1.24 bits per heavy atom. The van der Waals surface area contributed by atoms with Crippen LogP contribution in [0.5, 0.6) is 0 Å². The minimum absolute atomic E-state index is 0.0650. The van der Waals surface area contributed by atoms with E-state index in [1.807, 2.05) is 11.0 Å². The van der Waals surface area contributed by atoms with Gasteiger partial charge < -0.3 is 19.9 Å². The van der Waals surface area contributed by atoms with Gasteiger partial charge in [0.1, 0.15) is 5.60 Å². The first-order chi connectivity index (χ1) is 12.1. The summed E-state index contributed by atoms with van der Waals surface area (Å²) >= 11 is 0. The van der Waals surface area contributed by atoms with Crippen molar-refractivity contribution in [3.05, 3.63) is 34.4 Å². The third kappa shape index (κ3) is 3.59. The van der Waals surface area contributed by atoms with Crippen molar-refractivity contribution in [3.63, 3.8) is 0 Å². The molecule has 136 valence electrons. The summed E-state index contributed by atoms with van der Waals surface area (Å²) in [6.07, 6.45) is 1.38. The number of piperidine rings is 1. The van der Waals surface area contributed by atoms with Crippen molar-refractivity contribution in [1.29, 1.82) is 0 Å². The molecule has 0 atom stereocenters. The van der Waals surface area contributed by atoms with E-state index >= 15 is 0 Å². The number of non-ortho nitro benzene ring substituents is 1. The number of benzene rings is 1. The molecule has 8 nitrogen and oxygen atoms in total. The van der Waals surface area contributed by atoms with Gasteiger partial charge in [0.2, 0.25) is 0 Å². The highest BCUT2D eigenvalue weighted by atomic mass is 16.6. The Bertz CT molecular complexity index is 637. The van der Waals surface area contributed by atoms with Crippen molar-refractivity contribution >= 4 is 17.3 Å². The second-order valence-electron chi connectivity index (χ2n) is 6.50. The van der Waals surface area contributed by atoms with Gasteiger partial charge >= 0.3 is 0 Å². The first-order valence-electron chi connectivity index (χ1n) is 8.60. The molecule has 2 aliphatic rings. The number of carbonyl (C=O) groups excluding carboxylic acids is 1. The molecular weight excluding hydrogens is 324 g/mol. The molecule has 1 aromatic carbocycles. The van der Waals surface area contributed by atoms with Gasteiger partial charge in [-0.3, -0.25) is 14.9 Å². The molecule has 3 rings (SSSR count). The molecule has 2 saturated heterocycles. The number of hydrogen-bond acceptors (Lipinski definition) is 6. The highest BCUT2D eigenvalue weighted by Crippen LogP contribution is 2.27. The van der Waals surface area contributed by atoms with Crippen LogP contribution in [0.1, 0.15) is 12.8 Å². The fourth-order valence-corrected chi connectivity index (χ4v) is 3.60. The third-order valence-corrected chi connectivity index (χ3v) is 5.16. The molecule has 0 saturated carbocycles. The number of methoxy groups -OCH3 is 1. The summed E-state index contributed by atoms with van der Waals surface area (Å²) in [6.45, 7) is 4.08. The van der Waals surface area contributed by atoms with E-state index in [0.29, 0.717) is 39.0 Å². The lowest BCUT2D eigenvalue weighted by Gasteiger charge is -2.42. The number of amides is 1. The van der Waals surface area contributed by atoms with E-state index < -0.39 is 5.60 Å². The molecule has 8 heteroatoms. The Morgan fingerprint density at radius 3 is 2.52 bits per heavy atom. The zero-order chi connectivity index (χ0) is 17.9. The van der Waals surface area contributed by atoms with Gasteiger partial charge in [-0.1, -0.05) is 6.07 Å². The summed E-state index contributed by atoms with van der Waals surface area (Å²) in [5.74, 6) is 0.0650. The zero-order valence-electron chi connectivity index (χ0n) is 14.4. The second kappa shape index (κ2) is 7.37. The molecule has 2 fully saturated rings. The van der Waals surface area contributed by atoms with E-state index in [2.05, 4.69) is 10.2 Å². The fourth-order valence-electron chi connectivity index (χ4n) is 3.60. The van der Waals surface area contributed by atoms with Crippen molar-refractivity contribution < 1.29 is 14.5 Å². The summed E-state index contributed by atoms with van der Waals surface area (Å²) in [6, 6.07) is 6.64. The van der Waals surface area contributed by atoms with Gasteiger partial charge in [0, 0.05) is 51.1 Å². The van der Waals surface area contributed by atoms with Crippen LogP contribution < -0.4 is 10.2 Å². The second-order valence-corrected chi connectivity index (χ2v) is 6.50. The first-order valence-corrected chi connectivity index (χ1v) is 8.60. The van der Waals surface area contributed by atoms with Crippen LogP contribution in [0.3, 0.4) is 0 Å². The number of nitro benzene ring substituents is 1. The maximum atomic E-state index is 13.0. The summed E-state index contributed by atoms with van der Waals surface area (Å²) in [5, 5.41) is 14.2. The summed E-state index contributed by atoms with van der Waals surface area (Å²) in [7, 11) is 1.61. The van der Waals surface area contributed by atoms with Crippen LogP contribution in [0.25, 0.3) is 0 Å². The Hall–Kier alpha value is -2.19. The van der Waals surface area contributed by atoms with Crippen molar-refractivity contribution in [2.45, 2.75) is 18.4 Å². The molecule has 1 aromatic rings. The van der Waals surface area contributed by atoms with Crippen LogP contribution in [0, 0.1) is 10.1 Å². The Balaban J connectivity index is 1.64. The minimum atomic E-state index is -0.709. The maximum absolute atomic E-state index is 13.0. The Kier molecular flexibility index (Phi) is 5.19. The standard InChI is InChI=1S/C17H24N4O4/c1-25-17(5-7-18-8-6-17)16(22)20-11-9-19(10-12-20)14-3-2-4-15(13-14)21(23)24/h2-4,13,18H,5-12H2,1H3. The van der Waals surface area contributed by atoms with Gasteiger partial charge in [-0.25, -0.2) is 0 Å². The predicted molar refractivity (Wildman–Crippen MR) is 93.7 cm³/mol. The van der Waals surface area contributed by atoms with Crippen molar-refractivity contribution in [2.24, 2.45) is 0 Å². The van der Waals surface area contributed by atoms with Crippen LogP contribution in [-0.4, -0.2) is 67.7 Å². The number of piperazine rings is 1. The molecule has 0 aliphatic carbocycles. The van der Waals surface area contributed by atoms with Crippen LogP contribution in [0.2, 0.25) is 0 Å². The Labute approximate surface area is 146 Å². The lowest BCUT2D eigenvalue weighted by Crippen LogP contribution is -2.59. The smallest absolute Gasteiger partial charge is 0.271 e. The molecule has 0 aromatic heterocycles. The van der Waals surface area contributed by atoms with E-state index in [0.717, 1.165) is 18.8 Å². The van der Waals surface area contributed by atoms with Crippen LogP contribution >= 0.6 is 0 Å². The summed E-state index contributed by atoms with van der Waals surface area (Å²) in [4.78, 5) is 27.5. The van der Waals surface area contributed by atoms with Crippen molar-refractivity contribution in [1.82, 2.24) is 10.2 Å². The molecule has 0 unspecified atom stereocenters. The topological polar surface area (TPSA) is 88.0 Å². The first kappa shape index (κ1) is 17.6. The lowest BCUT2D eigenvalue weighted by molar-refractivity contribution is -0.384. The highest BCUT2D eigenvalue weighted by molar-refractivity contribution is 5.85. The largest absolute Gasteiger partial charge is 0.368 e. The summed E-state index contributed by atoms with van der Waals surface area (Å²) < 4.78 is 5.63. The number of nitrogens with one attached hydrogen (secondary N) is 1. The van der Waals surface area contributed by atoms with E-state index in [4.69, 9.17) is 4.74 Å². The normalized spacial score (nSPS) is 20.4. The number of nitrogens with zero attached hydrogens (tertiary/aromatic N) is 3. The third-order valence-electron chi connectivity index (χ3n) is 5.16. The molecule has 2 aliphatic heterocycles. The summed E-state index contributed by atoms with van der Waals surface area (Å²) in [5.41, 5.74) is 0.201. The number of carbonyl (C=O) groups is 1. The lowest BCUT2D eigenvalue weighted by atomic mass is 9.90. The zero-order valence-corrected chi connectivity index (χ0v) is 14.4. The number of hydrogen-bond donors (Lipinski definition) is 1. The molecule has 0 bridgehead atoms. The van der Waals surface area contributed by atoms with Crippen molar-refractivity contribution in [3.8, 4) is 0 Å². The Morgan fingerprint density at radius 2 is 1.92 bits per heavy atom. The van der Waals surface area contributed by atoms with Gasteiger partial charge in [0.25, 0.3) is 11.6 Å².